The van der Waals surface area contributed by atoms with Gasteiger partial charge < -0.3 is 19.8 Å². The highest BCUT2D eigenvalue weighted by atomic mass is 35.5. The zero-order valence-electron chi connectivity index (χ0n) is 15.5. The molecule has 7 nitrogen and oxygen atoms in total. The van der Waals surface area contributed by atoms with Crippen LogP contribution in [-0.2, 0) is 27.2 Å². The molecule has 0 aromatic carbocycles. The molecular weight excluding hydrogens is 393 g/mol. The molecule has 0 unspecified atom stereocenters. The fourth-order valence-electron chi connectivity index (χ4n) is 2.27. The second kappa shape index (κ2) is 10.1. The van der Waals surface area contributed by atoms with Crippen LogP contribution in [0, 0.1) is 6.92 Å². The Bertz CT molecular complexity index is 754. The summed E-state index contributed by atoms with van der Waals surface area (Å²) in [6.45, 7) is 3.78. The van der Waals surface area contributed by atoms with E-state index in [0.29, 0.717) is 23.3 Å². The molecule has 0 spiro atoms. The van der Waals surface area contributed by atoms with E-state index in [1.165, 1.54) is 0 Å². The van der Waals surface area contributed by atoms with Gasteiger partial charge in [0, 0.05) is 26.3 Å². The summed E-state index contributed by atoms with van der Waals surface area (Å²) >= 11 is 14.0. The van der Waals surface area contributed by atoms with Crippen molar-refractivity contribution in [1.29, 1.82) is 0 Å². The number of rotatable bonds is 8. The monoisotopic (exact) mass is 417 g/mol. The minimum absolute atomic E-state index is 0.471. The van der Waals surface area contributed by atoms with Crippen LogP contribution in [0.4, 0.5) is 0 Å². The van der Waals surface area contributed by atoms with Crippen molar-refractivity contribution in [1.82, 2.24) is 30.0 Å². The third-order valence-corrected chi connectivity index (χ3v) is 5.57. The Morgan fingerprint density at radius 2 is 2.00 bits per heavy atom. The van der Waals surface area contributed by atoms with E-state index in [1.54, 1.807) is 0 Å². The summed E-state index contributed by atoms with van der Waals surface area (Å²) in [5.41, 5.74) is 0.944. The molecule has 0 saturated heterocycles. The first-order valence-electron chi connectivity index (χ1n) is 8.29. The van der Waals surface area contributed by atoms with E-state index in [0.717, 1.165) is 42.0 Å². The SMILES string of the molecule is CSCCCNC(=NCc1cc(Cl)c(Cl)n1C)NCc1nnc(C)n1C. The van der Waals surface area contributed by atoms with E-state index in [1.807, 2.05) is 48.0 Å². The molecule has 144 valence electrons. The zero-order chi connectivity index (χ0) is 19.1. The van der Waals surface area contributed by atoms with Gasteiger partial charge in [-0.15, -0.1) is 10.2 Å². The lowest BCUT2D eigenvalue weighted by Gasteiger charge is -2.12. The van der Waals surface area contributed by atoms with E-state index < -0.39 is 0 Å². The quantitative estimate of drug-likeness (QED) is 0.392. The Labute approximate surface area is 168 Å². The van der Waals surface area contributed by atoms with E-state index in [-0.39, 0.29) is 0 Å². The van der Waals surface area contributed by atoms with Crippen molar-refractivity contribution >= 4 is 40.9 Å². The maximum Gasteiger partial charge on any atom is 0.192 e. The van der Waals surface area contributed by atoms with Gasteiger partial charge in [0.25, 0.3) is 0 Å². The van der Waals surface area contributed by atoms with Crippen molar-refractivity contribution in [3.63, 3.8) is 0 Å². The molecule has 26 heavy (non-hydrogen) atoms. The molecule has 0 aliphatic heterocycles. The van der Waals surface area contributed by atoms with Crippen LogP contribution in [0.1, 0.15) is 23.8 Å². The van der Waals surface area contributed by atoms with Crippen molar-refractivity contribution in [2.24, 2.45) is 19.1 Å². The van der Waals surface area contributed by atoms with Crippen LogP contribution in [0.2, 0.25) is 10.2 Å². The van der Waals surface area contributed by atoms with Gasteiger partial charge >= 0.3 is 0 Å². The van der Waals surface area contributed by atoms with Crippen molar-refractivity contribution in [3.05, 3.63) is 33.6 Å². The number of halogens is 2. The highest BCUT2D eigenvalue weighted by molar-refractivity contribution is 7.98. The summed E-state index contributed by atoms with van der Waals surface area (Å²) in [6, 6.07) is 1.84. The van der Waals surface area contributed by atoms with Gasteiger partial charge in [-0.05, 0) is 31.4 Å². The van der Waals surface area contributed by atoms with Crippen LogP contribution >= 0.6 is 35.0 Å². The van der Waals surface area contributed by atoms with Crippen LogP contribution in [0.25, 0.3) is 0 Å². The third kappa shape index (κ3) is 5.56. The first kappa shape index (κ1) is 20.9. The summed E-state index contributed by atoms with van der Waals surface area (Å²) in [5.74, 6) is 3.55. The van der Waals surface area contributed by atoms with Crippen LogP contribution in [-0.4, -0.2) is 43.8 Å². The molecule has 0 atom stereocenters. The summed E-state index contributed by atoms with van der Waals surface area (Å²) < 4.78 is 3.79. The molecule has 0 bridgehead atoms. The summed E-state index contributed by atoms with van der Waals surface area (Å²) in [6.07, 6.45) is 3.17. The number of thioether (sulfide) groups is 1. The number of hydrogen-bond donors (Lipinski definition) is 2. The molecule has 0 amide bonds. The summed E-state index contributed by atoms with van der Waals surface area (Å²) in [5, 5.41) is 16.0. The number of nitrogens with one attached hydrogen (secondary N) is 2. The summed E-state index contributed by atoms with van der Waals surface area (Å²) in [7, 11) is 3.82. The standard InChI is InChI=1S/C16H25Cl2N7S/c1-11-22-23-14(24(11)2)10-21-16(19-6-5-7-26-4)20-9-12-8-13(17)15(18)25(12)3/h8H,5-7,9-10H2,1-4H3,(H2,19,20,21). The molecule has 0 saturated carbocycles. The highest BCUT2D eigenvalue weighted by Gasteiger charge is 2.10. The predicted octanol–water partition coefficient (Wildman–Crippen LogP) is 2.76. The molecule has 2 heterocycles. The average molecular weight is 418 g/mol. The minimum Gasteiger partial charge on any atom is -0.356 e. The molecule has 2 rings (SSSR count). The van der Waals surface area contributed by atoms with Crippen molar-refractivity contribution < 1.29 is 0 Å². The molecule has 10 heteroatoms. The topological polar surface area (TPSA) is 72.1 Å². The fraction of sp³-hybridized carbons (Fsp3) is 0.562. The van der Waals surface area contributed by atoms with Crippen LogP contribution in [0.3, 0.4) is 0 Å². The molecule has 0 fully saturated rings. The lowest BCUT2D eigenvalue weighted by atomic mass is 10.4. The van der Waals surface area contributed by atoms with Crippen molar-refractivity contribution in [2.75, 3.05) is 18.6 Å². The Morgan fingerprint density at radius 1 is 1.23 bits per heavy atom. The Morgan fingerprint density at radius 3 is 2.58 bits per heavy atom. The van der Waals surface area contributed by atoms with E-state index in [4.69, 9.17) is 23.2 Å². The maximum absolute atomic E-state index is 6.12. The average Bonchev–Trinajstić information content (AvgIpc) is 3.07. The number of guanidine groups is 1. The van der Waals surface area contributed by atoms with Gasteiger partial charge in [0.2, 0.25) is 0 Å². The molecule has 0 aliphatic carbocycles. The maximum atomic E-state index is 6.12. The lowest BCUT2D eigenvalue weighted by molar-refractivity contribution is 0.708. The number of aliphatic imine (C=N–C) groups is 1. The first-order chi connectivity index (χ1) is 12.4. The first-order valence-corrected chi connectivity index (χ1v) is 10.4. The molecule has 0 aliphatic rings. The number of nitrogens with zero attached hydrogens (tertiary/aromatic N) is 5. The minimum atomic E-state index is 0.471. The van der Waals surface area contributed by atoms with Crippen molar-refractivity contribution in [3.8, 4) is 0 Å². The van der Waals surface area contributed by atoms with Gasteiger partial charge in [0.1, 0.15) is 11.0 Å². The predicted molar refractivity (Wildman–Crippen MR) is 110 cm³/mol. The molecule has 2 N–H and O–H groups in total. The molecule has 2 aromatic heterocycles. The van der Waals surface area contributed by atoms with E-state index in [2.05, 4.69) is 32.1 Å². The van der Waals surface area contributed by atoms with Gasteiger partial charge in [-0.3, -0.25) is 0 Å². The number of hydrogen-bond acceptors (Lipinski definition) is 4. The Kier molecular flexibility index (Phi) is 8.12. The largest absolute Gasteiger partial charge is 0.356 e. The van der Waals surface area contributed by atoms with Gasteiger partial charge in [-0.1, -0.05) is 23.2 Å². The zero-order valence-corrected chi connectivity index (χ0v) is 17.8. The number of aryl methyl sites for hydroxylation is 1. The molecular formula is C16H25Cl2N7S. The fourth-order valence-corrected chi connectivity index (χ4v) is 3.11. The van der Waals surface area contributed by atoms with Gasteiger partial charge in [-0.2, -0.15) is 11.8 Å². The highest BCUT2D eigenvalue weighted by Crippen LogP contribution is 2.25. The van der Waals surface area contributed by atoms with E-state index in [9.17, 15) is 0 Å². The second-order valence-corrected chi connectivity index (χ2v) is 7.60. The third-order valence-electron chi connectivity index (χ3n) is 4.03. The smallest absolute Gasteiger partial charge is 0.192 e. The van der Waals surface area contributed by atoms with Gasteiger partial charge in [0.15, 0.2) is 11.8 Å². The molecule has 0 radical (unpaired) electrons. The molecule has 2 aromatic rings. The van der Waals surface area contributed by atoms with Crippen LogP contribution < -0.4 is 10.6 Å². The van der Waals surface area contributed by atoms with Crippen LogP contribution in [0.5, 0.6) is 0 Å². The van der Waals surface area contributed by atoms with Gasteiger partial charge in [0.05, 0.1) is 18.1 Å². The normalized spacial score (nSPS) is 11.8. The Balaban J connectivity index is 2.03. The summed E-state index contributed by atoms with van der Waals surface area (Å²) in [4.78, 5) is 4.65. The van der Waals surface area contributed by atoms with Crippen molar-refractivity contribution in [2.45, 2.75) is 26.4 Å². The second-order valence-electron chi connectivity index (χ2n) is 5.85. The van der Waals surface area contributed by atoms with E-state index >= 15 is 0 Å². The number of aromatic nitrogens is 4. The van der Waals surface area contributed by atoms with Gasteiger partial charge in [-0.25, -0.2) is 4.99 Å². The van der Waals surface area contributed by atoms with Crippen LogP contribution in [0.15, 0.2) is 11.1 Å². The lowest BCUT2D eigenvalue weighted by Crippen LogP contribution is -2.38. The Hall–Kier alpha value is -1.38.